The first-order valence-corrected chi connectivity index (χ1v) is 7.29. The van der Waals surface area contributed by atoms with Crippen molar-refractivity contribution in [2.45, 2.75) is 20.8 Å². The van der Waals surface area contributed by atoms with Crippen molar-refractivity contribution in [1.29, 1.82) is 0 Å². The Kier molecular flexibility index (Phi) is 3.38. The Morgan fingerprint density at radius 2 is 1.52 bits per heavy atom. The fourth-order valence-electron chi connectivity index (χ4n) is 2.91. The molecule has 2 nitrogen and oxygen atoms in total. The van der Waals surface area contributed by atoms with Crippen molar-refractivity contribution < 1.29 is 4.68 Å². The smallest absolute Gasteiger partial charge is 0.125 e. The molecule has 0 spiro atoms. The van der Waals surface area contributed by atoms with Crippen LogP contribution in [0.2, 0.25) is 0 Å². The Hall–Kier alpha value is -2.35. The van der Waals surface area contributed by atoms with Gasteiger partial charge in [0.05, 0.1) is 5.69 Å². The first-order valence-electron chi connectivity index (χ1n) is 7.29. The quantitative estimate of drug-likeness (QED) is 0.628. The van der Waals surface area contributed by atoms with E-state index < -0.39 is 0 Å². The van der Waals surface area contributed by atoms with Gasteiger partial charge in [0.2, 0.25) is 5.69 Å². The van der Waals surface area contributed by atoms with Crippen LogP contribution in [0.15, 0.2) is 54.6 Å². The van der Waals surface area contributed by atoms with Crippen LogP contribution in [0.1, 0.15) is 17.0 Å². The molecule has 1 heterocycles. The van der Waals surface area contributed by atoms with Crippen LogP contribution in [0.4, 0.5) is 0 Å². The van der Waals surface area contributed by atoms with Crippen molar-refractivity contribution >= 4 is 0 Å². The molecule has 106 valence electrons. The first kappa shape index (κ1) is 13.6. The van der Waals surface area contributed by atoms with Crippen LogP contribution in [0.3, 0.4) is 0 Å². The number of hydrogen-bond donors (Lipinski definition) is 0. The predicted molar refractivity (Wildman–Crippen MR) is 86.6 cm³/mol. The lowest BCUT2D eigenvalue weighted by atomic mass is 10.0. The molecule has 0 fully saturated rings. The molecule has 21 heavy (non-hydrogen) atoms. The highest BCUT2D eigenvalue weighted by Gasteiger charge is 2.16. The average Bonchev–Trinajstić information content (AvgIpc) is 2.74. The molecule has 0 N–H and O–H groups in total. The first-order chi connectivity index (χ1) is 10.1. The third-order valence-corrected chi connectivity index (χ3v) is 4.09. The Bertz CT molecular complexity index is 783. The fourth-order valence-corrected chi connectivity index (χ4v) is 2.91. The molecular formula is C19H21N2+. The standard InChI is InChI=1S/C19H21N2/c1-14-12-18(17-8-6-5-7-9-17)10-11-19(14)21-16(3)13-15(2)20(21)4/h5-13H,1-4H3/q+1. The second kappa shape index (κ2) is 5.21. The van der Waals surface area contributed by atoms with Crippen LogP contribution >= 0.6 is 0 Å². The van der Waals surface area contributed by atoms with E-state index in [1.165, 1.54) is 33.8 Å². The predicted octanol–water partition coefficient (Wildman–Crippen LogP) is 3.89. The molecular weight excluding hydrogens is 256 g/mol. The van der Waals surface area contributed by atoms with Gasteiger partial charge in [-0.3, -0.25) is 0 Å². The molecule has 0 saturated carbocycles. The summed E-state index contributed by atoms with van der Waals surface area (Å²) in [5, 5.41) is 0. The number of rotatable bonds is 2. The molecule has 0 radical (unpaired) electrons. The number of benzene rings is 2. The number of nitrogens with zero attached hydrogens (tertiary/aromatic N) is 2. The van der Waals surface area contributed by atoms with Gasteiger partial charge in [-0.2, -0.15) is 0 Å². The summed E-state index contributed by atoms with van der Waals surface area (Å²) in [6.07, 6.45) is 0. The zero-order valence-corrected chi connectivity index (χ0v) is 13.1. The van der Waals surface area contributed by atoms with E-state index in [2.05, 4.69) is 91.8 Å². The number of hydrogen-bond acceptors (Lipinski definition) is 0. The van der Waals surface area contributed by atoms with Gasteiger partial charge in [-0.05, 0) is 42.7 Å². The van der Waals surface area contributed by atoms with Crippen LogP contribution in [-0.4, -0.2) is 4.68 Å². The van der Waals surface area contributed by atoms with Crippen molar-refractivity contribution in [2.75, 3.05) is 0 Å². The van der Waals surface area contributed by atoms with E-state index in [0.717, 1.165) is 0 Å². The topological polar surface area (TPSA) is 8.81 Å². The minimum Gasteiger partial charge on any atom is -0.125 e. The Morgan fingerprint density at radius 3 is 2.10 bits per heavy atom. The molecule has 0 aliphatic carbocycles. The minimum atomic E-state index is 1.24. The largest absolute Gasteiger partial charge is 0.205 e. The van der Waals surface area contributed by atoms with E-state index in [1.54, 1.807) is 0 Å². The highest BCUT2D eigenvalue weighted by Crippen LogP contribution is 2.24. The van der Waals surface area contributed by atoms with Crippen LogP contribution in [0, 0.1) is 20.8 Å². The lowest BCUT2D eigenvalue weighted by Crippen LogP contribution is -2.40. The highest BCUT2D eigenvalue weighted by molar-refractivity contribution is 5.66. The van der Waals surface area contributed by atoms with Crippen molar-refractivity contribution in [3.63, 3.8) is 0 Å². The molecule has 0 saturated heterocycles. The second-order valence-electron chi connectivity index (χ2n) is 5.63. The van der Waals surface area contributed by atoms with E-state index in [0.29, 0.717) is 0 Å². The van der Waals surface area contributed by atoms with Crippen molar-refractivity contribution in [1.82, 2.24) is 4.68 Å². The van der Waals surface area contributed by atoms with E-state index in [9.17, 15) is 0 Å². The molecule has 0 unspecified atom stereocenters. The zero-order valence-electron chi connectivity index (χ0n) is 13.1. The van der Waals surface area contributed by atoms with Crippen molar-refractivity contribution in [2.24, 2.45) is 7.05 Å². The number of aryl methyl sites for hydroxylation is 3. The molecule has 2 aromatic carbocycles. The summed E-state index contributed by atoms with van der Waals surface area (Å²) in [5.41, 5.74) is 7.57. The molecule has 0 atom stereocenters. The molecule has 0 amide bonds. The van der Waals surface area contributed by atoms with Gasteiger partial charge in [-0.25, -0.2) is 0 Å². The molecule has 0 aliphatic rings. The summed E-state index contributed by atoms with van der Waals surface area (Å²) in [6, 6.07) is 19.4. The Morgan fingerprint density at radius 1 is 0.810 bits per heavy atom. The minimum absolute atomic E-state index is 1.24. The lowest BCUT2D eigenvalue weighted by Gasteiger charge is -2.09. The van der Waals surface area contributed by atoms with Crippen LogP contribution in [0.5, 0.6) is 0 Å². The third kappa shape index (κ3) is 2.38. The second-order valence-corrected chi connectivity index (χ2v) is 5.63. The van der Waals surface area contributed by atoms with Gasteiger partial charge in [-0.1, -0.05) is 36.4 Å². The van der Waals surface area contributed by atoms with Crippen molar-refractivity contribution in [3.8, 4) is 16.8 Å². The van der Waals surface area contributed by atoms with Gasteiger partial charge in [0, 0.05) is 13.0 Å². The van der Waals surface area contributed by atoms with Crippen LogP contribution < -0.4 is 4.68 Å². The van der Waals surface area contributed by atoms with Gasteiger partial charge in [-0.15, -0.1) is 9.36 Å². The summed E-state index contributed by atoms with van der Waals surface area (Å²) in [7, 11) is 2.10. The van der Waals surface area contributed by atoms with Gasteiger partial charge in [0.25, 0.3) is 0 Å². The average molecular weight is 277 g/mol. The molecule has 3 rings (SSSR count). The van der Waals surface area contributed by atoms with E-state index >= 15 is 0 Å². The maximum absolute atomic E-state index is 2.26. The normalized spacial score (nSPS) is 10.9. The molecule has 1 aromatic heterocycles. The summed E-state index contributed by atoms with van der Waals surface area (Å²) in [6.45, 7) is 6.46. The maximum Gasteiger partial charge on any atom is 0.205 e. The summed E-state index contributed by atoms with van der Waals surface area (Å²) >= 11 is 0. The zero-order chi connectivity index (χ0) is 15.0. The monoisotopic (exact) mass is 277 g/mol. The van der Waals surface area contributed by atoms with Gasteiger partial charge >= 0.3 is 0 Å². The van der Waals surface area contributed by atoms with Gasteiger partial charge in [0.1, 0.15) is 5.69 Å². The highest BCUT2D eigenvalue weighted by atomic mass is 15.4. The fraction of sp³-hybridized carbons (Fsp3) is 0.211. The SMILES string of the molecule is Cc1cc(-c2ccccc2)ccc1-n1c(C)cc(C)[n+]1C. The summed E-state index contributed by atoms with van der Waals surface area (Å²) < 4.78 is 4.46. The summed E-state index contributed by atoms with van der Waals surface area (Å²) in [5.74, 6) is 0. The molecule has 0 aliphatic heterocycles. The van der Waals surface area contributed by atoms with Crippen LogP contribution in [0.25, 0.3) is 16.8 Å². The van der Waals surface area contributed by atoms with E-state index in [1.807, 2.05) is 0 Å². The Labute approximate surface area is 126 Å². The third-order valence-electron chi connectivity index (χ3n) is 4.09. The van der Waals surface area contributed by atoms with Gasteiger partial charge < -0.3 is 0 Å². The number of aromatic nitrogens is 2. The molecule has 3 aromatic rings. The van der Waals surface area contributed by atoms with Crippen molar-refractivity contribution in [3.05, 3.63) is 71.5 Å². The van der Waals surface area contributed by atoms with E-state index in [-0.39, 0.29) is 0 Å². The van der Waals surface area contributed by atoms with Gasteiger partial charge in [0.15, 0.2) is 7.05 Å². The molecule has 2 heteroatoms. The lowest BCUT2D eigenvalue weighted by molar-refractivity contribution is -0.749. The molecule has 0 bridgehead atoms. The maximum atomic E-state index is 2.26. The van der Waals surface area contributed by atoms with Crippen LogP contribution in [-0.2, 0) is 7.05 Å². The van der Waals surface area contributed by atoms with E-state index in [4.69, 9.17) is 0 Å². The summed E-state index contributed by atoms with van der Waals surface area (Å²) in [4.78, 5) is 0. The Balaban J connectivity index is 2.11.